The van der Waals surface area contributed by atoms with Gasteiger partial charge in [-0.05, 0) is 30.9 Å². The summed E-state index contributed by atoms with van der Waals surface area (Å²) in [5.74, 6) is -0.565. The predicted octanol–water partition coefficient (Wildman–Crippen LogP) is 1.93. The first-order valence-corrected chi connectivity index (χ1v) is 7.78. The summed E-state index contributed by atoms with van der Waals surface area (Å²) in [7, 11) is 1.61. The Hall–Kier alpha value is -2.29. The predicted molar refractivity (Wildman–Crippen MR) is 80.7 cm³/mol. The summed E-state index contributed by atoms with van der Waals surface area (Å²) in [5.41, 5.74) is 1.85. The second kappa shape index (κ2) is 7.08. The lowest BCUT2D eigenvalue weighted by atomic mass is 9.93. The van der Waals surface area contributed by atoms with Crippen molar-refractivity contribution < 1.29 is 18.3 Å². The van der Waals surface area contributed by atoms with Gasteiger partial charge in [-0.3, -0.25) is 9.48 Å². The lowest BCUT2D eigenvalue weighted by Crippen LogP contribution is -2.34. The van der Waals surface area contributed by atoms with Crippen LogP contribution in [0.15, 0.2) is 18.5 Å². The average molecular weight is 339 g/mol. The molecule has 2 heterocycles. The fourth-order valence-electron chi connectivity index (χ4n) is 3.04. The van der Waals surface area contributed by atoms with Gasteiger partial charge in [0, 0.05) is 13.3 Å². The molecule has 9 heteroatoms. The van der Waals surface area contributed by atoms with E-state index >= 15 is 0 Å². The smallest absolute Gasteiger partial charge is 0.333 e. The average Bonchev–Trinajstić information content (AvgIpc) is 3.20. The standard InChI is InChI=1S/C15H19F2N5O2/c1-24-8-7-21-13-10(9-19-21)3-2-4-11(13)20-14(23)12-5-6-18-22(12)15(16)17/h5-6,9,11,15H,2-4,7-8H2,1H3,(H,20,23). The van der Waals surface area contributed by atoms with Crippen LogP contribution in [0.25, 0.3) is 0 Å². The molecule has 3 rings (SSSR count). The van der Waals surface area contributed by atoms with Crippen molar-refractivity contribution >= 4 is 5.91 Å². The van der Waals surface area contributed by atoms with Gasteiger partial charge in [-0.15, -0.1) is 0 Å². The third kappa shape index (κ3) is 3.16. The molecule has 0 aliphatic heterocycles. The molecule has 0 aromatic carbocycles. The van der Waals surface area contributed by atoms with Crippen molar-refractivity contribution in [1.82, 2.24) is 24.9 Å². The van der Waals surface area contributed by atoms with E-state index in [-0.39, 0.29) is 11.7 Å². The molecule has 2 aromatic heterocycles. The number of aromatic nitrogens is 4. The Kier molecular flexibility index (Phi) is 4.89. The van der Waals surface area contributed by atoms with Crippen molar-refractivity contribution in [1.29, 1.82) is 0 Å². The Morgan fingerprint density at radius 2 is 2.33 bits per heavy atom. The molecule has 24 heavy (non-hydrogen) atoms. The molecule has 1 amide bonds. The van der Waals surface area contributed by atoms with Crippen molar-refractivity contribution in [2.75, 3.05) is 13.7 Å². The highest BCUT2D eigenvalue weighted by atomic mass is 19.3. The first kappa shape index (κ1) is 16.6. The van der Waals surface area contributed by atoms with Crippen molar-refractivity contribution in [2.45, 2.75) is 38.4 Å². The number of amides is 1. The molecule has 0 fully saturated rings. The van der Waals surface area contributed by atoms with Crippen LogP contribution < -0.4 is 5.32 Å². The summed E-state index contributed by atoms with van der Waals surface area (Å²) >= 11 is 0. The van der Waals surface area contributed by atoms with Gasteiger partial charge >= 0.3 is 6.55 Å². The van der Waals surface area contributed by atoms with Crippen LogP contribution in [0.1, 0.15) is 47.2 Å². The van der Waals surface area contributed by atoms with E-state index in [1.54, 1.807) is 13.3 Å². The molecule has 7 nitrogen and oxygen atoms in total. The third-order valence-electron chi connectivity index (χ3n) is 4.13. The zero-order valence-electron chi connectivity index (χ0n) is 13.3. The van der Waals surface area contributed by atoms with Gasteiger partial charge in [0.1, 0.15) is 5.69 Å². The summed E-state index contributed by atoms with van der Waals surface area (Å²) in [6.07, 6.45) is 5.52. The molecule has 1 aliphatic carbocycles. The number of carbonyl (C=O) groups excluding carboxylic acids is 1. The number of rotatable bonds is 6. The Morgan fingerprint density at radius 1 is 1.50 bits per heavy atom. The maximum absolute atomic E-state index is 12.9. The van der Waals surface area contributed by atoms with Gasteiger partial charge in [-0.1, -0.05) is 0 Å². The fraction of sp³-hybridized carbons (Fsp3) is 0.533. The highest BCUT2D eigenvalue weighted by Crippen LogP contribution is 2.30. The Balaban J connectivity index is 1.80. The molecule has 2 aromatic rings. The summed E-state index contributed by atoms with van der Waals surface area (Å²) in [6, 6.07) is 1.02. The molecule has 1 unspecified atom stereocenters. The number of nitrogens with zero attached hydrogens (tertiary/aromatic N) is 4. The van der Waals surface area contributed by atoms with E-state index in [0.717, 1.165) is 30.5 Å². The van der Waals surface area contributed by atoms with Crippen LogP contribution in [-0.4, -0.2) is 39.2 Å². The van der Waals surface area contributed by atoms with E-state index in [2.05, 4.69) is 15.5 Å². The Morgan fingerprint density at radius 3 is 3.08 bits per heavy atom. The summed E-state index contributed by atoms with van der Waals surface area (Å²) in [6.45, 7) is -1.77. The quantitative estimate of drug-likeness (QED) is 0.873. The maximum atomic E-state index is 12.9. The van der Waals surface area contributed by atoms with Gasteiger partial charge in [0.25, 0.3) is 5.91 Å². The number of fused-ring (bicyclic) bond motifs is 1. The molecule has 0 bridgehead atoms. The van der Waals surface area contributed by atoms with Crippen LogP contribution >= 0.6 is 0 Å². The third-order valence-corrected chi connectivity index (χ3v) is 4.13. The van der Waals surface area contributed by atoms with Crippen LogP contribution in [0, 0.1) is 0 Å². The van der Waals surface area contributed by atoms with Gasteiger partial charge in [0.2, 0.25) is 0 Å². The van der Waals surface area contributed by atoms with E-state index in [9.17, 15) is 13.6 Å². The molecule has 0 saturated heterocycles. The SMILES string of the molecule is COCCn1ncc2c1C(NC(=O)c1ccnn1C(F)F)CCC2. The maximum Gasteiger partial charge on any atom is 0.333 e. The fourth-order valence-corrected chi connectivity index (χ4v) is 3.04. The van der Waals surface area contributed by atoms with E-state index < -0.39 is 12.5 Å². The minimum absolute atomic E-state index is 0.153. The van der Waals surface area contributed by atoms with Crippen molar-refractivity contribution in [3.8, 4) is 0 Å². The van der Waals surface area contributed by atoms with Crippen LogP contribution in [0.4, 0.5) is 8.78 Å². The lowest BCUT2D eigenvalue weighted by molar-refractivity contribution is 0.0506. The number of alkyl halides is 2. The summed E-state index contributed by atoms with van der Waals surface area (Å²) in [4.78, 5) is 12.4. The normalized spacial score (nSPS) is 17.1. The minimum Gasteiger partial charge on any atom is -0.383 e. The first-order chi connectivity index (χ1) is 11.6. The zero-order valence-corrected chi connectivity index (χ0v) is 13.3. The number of hydrogen-bond donors (Lipinski definition) is 1. The number of methoxy groups -OCH3 is 1. The molecule has 0 saturated carbocycles. The first-order valence-electron chi connectivity index (χ1n) is 7.78. The van der Waals surface area contributed by atoms with E-state index in [1.807, 2.05) is 4.68 Å². The number of hydrogen-bond acceptors (Lipinski definition) is 4. The van der Waals surface area contributed by atoms with Gasteiger partial charge in [-0.2, -0.15) is 23.7 Å². The largest absolute Gasteiger partial charge is 0.383 e. The van der Waals surface area contributed by atoms with Gasteiger partial charge in [0.05, 0.1) is 31.1 Å². The summed E-state index contributed by atoms with van der Waals surface area (Å²) < 4.78 is 33.1. The highest BCUT2D eigenvalue weighted by molar-refractivity contribution is 5.92. The van der Waals surface area contributed by atoms with Gasteiger partial charge in [-0.25, -0.2) is 0 Å². The molecule has 0 radical (unpaired) electrons. The number of ether oxygens (including phenoxy) is 1. The van der Waals surface area contributed by atoms with Crippen LogP contribution in [-0.2, 0) is 17.7 Å². The summed E-state index contributed by atoms with van der Waals surface area (Å²) in [5, 5.41) is 10.7. The molecule has 1 N–H and O–H groups in total. The second-order valence-electron chi connectivity index (χ2n) is 5.63. The van der Waals surface area contributed by atoms with Crippen LogP contribution in [0.5, 0.6) is 0 Å². The number of aryl methyl sites for hydroxylation is 1. The molecule has 0 spiro atoms. The number of halogens is 2. The molecular formula is C15H19F2N5O2. The van der Waals surface area contributed by atoms with Crippen molar-refractivity contribution in [3.05, 3.63) is 35.4 Å². The van der Waals surface area contributed by atoms with Crippen LogP contribution in [0.2, 0.25) is 0 Å². The van der Waals surface area contributed by atoms with E-state index in [1.165, 1.54) is 12.3 Å². The van der Waals surface area contributed by atoms with Crippen molar-refractivity contribution in [2.24, 2.45) is 0 Å². The van der Waals surface area contributed by atoms with E-state index in [4.69, 9.17) is 4.74 Å². The van der Waals surface area contributed by atoms with E-state index in [0.29, 0.717) is 17.8 Å². The zero-order chi connectivity index (χ0) is 17.1. The molecule has 130 valence electrons. The van der Waals surface area contributed by atoms with Crippen LogP contribution in [0.3, 0.4) is 0 Å². The highest BCUT2D eigenvalue weighted by Gasteiger charge is 2.28. The second-order valence-corrected chi connectivity index (χ2v) is 5.63. The number of carbonyl (C=O) groups is 1. The van der Waals surface area contributed by atoms with Crippen molar-refractivity contribution in [3.63, 3.8) is 0 Å². The topological polar surface area (TPSA) is 74.0 Å². The monoisotopic (exact) mass is 339 g/mol. The Labute approximate surface area is 137 Å². The minimum atomic E-state index is -2.85. The molecular weight excluding hydrogens is 320 g/mol. The van der Waals surface area contributed by atoms with Gasteiger partial charge in [0.15, 0.2) is 0 Å². The molecule has 1 atom stereocenters. The Bertz CT molecular complexity index is 713. The number of nitrogens with one attached hydrogen (secondary N) is 1. The molecule has 1 aliphatic rings. The lowest BCUT2D eigenvalue weighted by Gasteiger charge is -2.25. The van der Waals surface area contributed by atoms with Gasteiger partial charge < -0.3 is 10.1 Å².